The number of rotatable bonds is 6. The van der Waals surface area contributed by atoms with Gasteiger partial charge in [0.2, 0.25) is 0 Å². The Kier molecular flexibility index (Phi) is 5.86. The number of aryl methyl sites for hydroxylation is 1. The molecule has 0 aliphatic rings. The van der Waals surface area contributed by atoms with Crippen molar-refractivity contribution < 1.29 is 13.9 Å². The number of anilines is 1. The summed E-state index contributed by atoms with van der Waals surface area (Å²) in [5.41, 5.74) is 2.61. The van der Waals surface area contributed by atoms with Gasteiger partial charge in [-0.25, -0.2) is 9.37 Å². The van der Waals surface area contributed by atoms with Crippen molar-refractivity contribution in [3.05, 3.63) is 64.8 Å². The van der Waals surface area contributed by atoms with E-state index in [0.29, 0.717) is 16.8 Å². The number of thiazole rings is 1. The van der Waals surface area contributed by atoms with Crippen LogP contribution in [0.4, 0.5) is 9.52 Å². The number of ether oxygens (including phenoxy) is 1. The van der Waals surface area contributed by atoms with Gasteiger partial charge in [0.15, 0.2) is 11.7 Å². The van der Waals surface area contributed by atoms with Crippen LogP contribution in [-0.2, 0) is 4.79 Å². The number of carbonyl (C=O) groups is 1. The van der Waals surface area contributed by atoms with Crippen molar-refractivity contribution >= 4 is 22.4 Å². The predicted octanol–water partition coefficient (Wildman–Crippen LogP) is 5.40. The summed E-state index contributed by atoms with van der Waals surface area (Å²) < 4.78 is 18.8. The standard InChI is InChI=1S/C21H21FN2O2S/c1-13(2)17-6-4-5-7-18(17)26-12-19(25)23-21-24-20(14(3)27-21)15-8-10-16(22)11-9-15/h4-11,13H,12H2,1-3H3,(H,23,24,25). The van der Waals surface area contributed by atoms with Crippen molar-refractivity contribution in [3.63, 3.8) is 0 Å². The minimum Gasteiger partial charge on any atom is -0.483 e. The number of para-hydroxylation sites is 1. The van der Waals surface area contributed by atoms with E-state index in [1.807, 2.05) is 31.2 Å². The molecule has 3 aromatic rings. The molecule has 0 bridgehead atoms. The molecule has 0 fully saturated rings. The molecule has 0 saturated carbocycles. The minimum atomic E-state index is -0.293. The zero-order chi connectivity index (χ0) is 19.4. The first-order valence-electron chi connectivity index (χ1n) is 8.69. The molecule has 0 aliphatic carbocycles. The van der Waals surface area contributed by atoms with Gasteiger partial charge < -0.3 is 4.74 Å². The fourth-order valence-electron chi connectivity index (χ4n) is 2.71. The fraction of sp³-hybridized carbons (Fsp3) is 0.238. The molecule has 0 aliphatic heterocycles. The van der Waals surface area contributed by atoms with Crippen molar-refractivity contribution in [3.8, 4) is 17.0 Å². The summed E-state index contributed by atoms with van der Waals surface area (Å²) in [6.07, 6.45) is 0. The second-order valence-corrected chi connectivity index (χ2v) is 7.66. The van der Waals surface area contributed by atoms with Gasteiger partial charge in [-0.2, -0.15) is 0 Å². The van der Waals surface area contributed by atoms with Crippen LogP contribution in [0.1, 0.15) is 30.2 Å². The van der Waals surface area contributed by atoms with Gasteiger partial charge in [-0.1, -0.05) is 32.0 Å². The van der Waals surface area contributed by atoms with Crippen LogP contribution >= 0.6 is 11.3 Å². The SMILES string of the molecule is Cc1sc(NC(=O)COc2ccccc2C(C)C)nc1-c1ccc(F)cc1. The number of hydrogen-bond donors (Lipinski definition) is 1. The number of carbonyl (C=O) groups excluding carboxylic acids is 1. The van der Waals surface area contributed by atoms with Gasteiger partial charge in [0.25, 0.3) is 5.91 Å². The molecule has 4 nitrogen and oxygen atoms in total. The predicted molar refractivity (Wildman–Crippen MR) is 107 cm³/mol. The third-order valence-electron chi connectivity index (χ3n) is 4.06. The van der Waals surface area contributed by atoms with Crippen LogP contribution < -0.4 is 10.1 Å². The van der Waals surface area contributed by atoms with Crippen LogP contribution in [-0.4, -0.2) is 17.5 Å². The highest BCUT2D eigenvalue weighted by Crippen LogP contribution is 2.30. The van der Waals surface area contributed by atoms with E-state index in [9.17, 15) is 9.18 Å². The average molecular weight is 384 g/mol. The molecule has 3 rings (SSSR count). The number of nitrogens with zero attached hydrogens (tertiary/aromatic N) is 1. The second-order valence-electron chi connectivity index (χ2n) is 6.46. The fourth-order valence-corrected chi connectivity index (χ4v) is 3.57. The second kappa shape index (κ2) is 8.31. The first-order valence-corrected chi connectivity index (χ1v) is 9.50. The van der Waals surface area contributed by atoms with E-state index < -0.39 is 0 Å². The van der Waals surface area contributed by atoms with Crippen LogP contribution in [0.5, 0.6) is 5.75 Å². The Morgan fingerprint density at radius 1 is 1.19 bits per heavy atom. The molecule has 27 heavy (non-hydrogen) atoms. The number of aromatic nitrogens is 1. The summed E-state index contributed by atoms with van der Waals surface area (Å²) in [4.78, 5) is 17.7. The highest BCUT2D eigenvalue weighted by Gasteiger charge is 2.14. The molecule has 1 heterocycles. The Balaban J connectivity index is 1.65. The maximum Gasteiger partial charge on any atom is 0.264 e. The van der Waals surface area contributed by atoms with Gasteiger partial charge in [0.1, 0.15) is 11.6 Å². The Hall–Kier alpha value is -2.73. The zero-order valence-corrected chi connectivity index (χ0v) is 16.3. The molecule has 0 radical (unpaired) electrons. The summed E-state index contributed by atoms with van der Waals surface area (Å²) in [5, 5.41) is 3.27. The Morgan fingerprint density at radius 2 is 1.89 bits per heavy atom. The quantitative estimate of drug-likeness (QED) is 0.619. The molecule has 1 aromatic heterocycles. The Morgan fingerprint density at radius 3 is 2.59 bits per heavy atom. The summed E-state index contributed by atoms with van der Waals surface area (Å²) in [6.45, 7) is 5.99. The van der Waals surface area contributed by atoms with Crippen LogP contribution in [0, 0.1) is 12.7 Å². The van der Waals surface area contributed by atoms with Crippen molar-refractivity contribution in [1.82, 2.24) is 4.98 Å². The van der Waals surface area contributed by atoms with E-state index in [2.05, 4.69) is 24.1 Å². The Bertz CT molecular complexity index is 936. The summed E-state index contributed by atoms with van der Waals surface area (Å²) in [6, 6.07) is 13.8. The molecule has 2 aromatic carbocycles. The van der Waals surface area contributed by atoms with E-state index in [0.717, 1.165) is 21.7 Å². The van der Waals surface area contributed by atoms with Gasteiger partial charge in [-0.15, -0.1) is 11.3 Å². The number of hydrogen-bond acceptors (Lipinski definition) is 4. The van der Waals surface area contributed by atoms with Crippen molar-refractivity contribution in [2.24, 2.45) is 0 Å². The zero-order valence-electron chi connectivity index (χ0n) is 15.5. The number of benzene rings is 2. The molecule has 0 spiro atoms. The lowest BCUT2D eigenvalue weighted by atomic mass is 10.0. The summed E-state index contributed by atoms with van der Waals surface area (Å²) >= 11 is 1.38. The monoisotopic (exact) mass is 384 g/mol. The molecule has 0 atom stereocenters. The average Bonchev–Trinajstić information content (AvgIpc) is 3.01. The third-order valence-corrected chi connectivity index (χ3v) is 4.95. The molecule has 0 saturated heterocycles. The maximum atomic E-state index is 13.1. The number of amides is 1. The van der Waals surface area contributed by atoms with Crippen LogP contribution in [0.25, 0.3) is 11.3 Å². The topological polar surface area (TPSA) is 51.2 Å². The van der Waals surface area contributed by atoms with Crippen molar-refractivity contribution in [2.75, 3.05) is 11.9 Å². The van der Waals surface area contributed by atoms with Crippen molar-refractivity contribution in [1.29, 1.82) is 0 Å². The molecule has 0 unspecified atom stereocenters. The molecule has 1 N–H and O–H groups in total. The van der Waals surface area contributed by atoms with Crippen LogP contribution in [0.2, 0.25) is 0 Å². The lowest BCUT2D eigenvalue weighted by Crippen LogP contribution is -2.20. The first-order chi connectivity index (χ1) is 12.9. The number of nitrogens with one attached hydrogen (secondary N) is 1. The highest BCUT2D eigenvalue weighted by atomic mass is 32.1. The lowest BCUT2D eigenvalue weighted by Gasteiger charge is -2.13. The van der Waals surface area contributed by atoms with Crippen LogP contribution in [0.3, 0.4) is 0 Å². The highest BCUT2D eigenvalue weighted by molar-refractivity contribution is 7.16. The molecular weight excluding hydrogens is 363 g/mol. The summed E-state index contributed by atoms with van der Waals surface area (Å²) in [7, 11) is 0. The van der Waals surface area contributed by atoms with Crippen molar-refractivity contribution in [2.45, 2.75) is 26.7 Å². The molecule has 6 heteroatoms. The van der Waals surface area contributed by atoms with Gasteiger partial charge in [0.05, 0.1) is 5.69 Å². The van der Waals surface area contributed by atoms with Gasteiger partial charge in [0, 0.05) is 10.4 Å². The molecule has 1 amide bonds. The smallest absolute Gasteiger partial charge is 0.264 e. The Labute approximate surface area is 162 Å². The van der Waals surface area contributed by atoms with Crippen LogP contribution in [0.15, 0.2) is 48.5 Å². The minimum absolute atomic E-state index is 0.0890. The lowest BCUT2D eigenvalue weighted by molar-refractivity contribution is -0.118. The normalized spacial score (nSPS) is 10.9. The third kappa shape index (κ3) is 4.71. The maximum absolute atomic E-state index is 13.1. The van der Waals surface area contributed by atoms with E-state index >= 15 is 0 Å². The molecular formula is C21H21FN2O2S. The first kappa shape index (κ1) is 19.0. The molecule has 140 valence electrons. The van der Waals surface area contributed by atoms with E-state index in [1.54, 1.807) is 12.1 Å². The van der Waals surface area contributed by atoms with Gasteiger partial charge in [-0.05, 0) is 48.7 Å². The largest absolute Gasteiger partial charge is 0.483 e. The van der Waals surface area contributed by atoms with E-state index in [-0.39, 0.29) is 18.3 Å². The number of halogens is 1. The van der Waals surface area contributed by atoms with Gasteiger partial charge >= 0.3 is 0 Å². The van der Waals surface area contributed by atoms with E-state index in [1.165, 1.54) is 23.5 Å². The van der Waals surface area contributed by atoms with E-state index in [4.69, 9.17) is 4.74 Å². The summed E-state index contributed by atoms with van der Waals surface area (Å²) in [5.74, 6) is 0.459. The van der Waals surface area contributed by atoms with Gasteiger partial charge in [-0.3, -0.25) is 10.1 Å².